The van der Waals surface area contributed by atoms with Gasteiger partial charge >= 0.3 is 5.97 Å². The van der Waals surface area contributed by atoms with Crippen molar-refractivity contribution in [1.82, 2.24) is 5.32 Å². The highest BCUT2D eigenvalue weighted by Crippen LogP contribution is 2.33. The van der Waals surface area contributed by atoms with Crippen LogP contribution in [-0.4, -0.2) is 26.0 Å². The van der Waals surface area contributed by atoms with Crippen LogP contribution >= 0.6 is 0 Å². The second-order valence-electron chi connectivity index (χ2n) is 8.68. The van der Waals surface area contributed by atoms with Gasteiger partial charge in [0.2, 0.25) is 0 Å². The maximum atomic E-state index is 13.4. The molecule has 0 bridgehead atoms. The van der Waals surface area contributed by atoms with E-state index in [0.29, 0.717) is 44.7 Å². The minimum absolute atomic E-state index is 0.141. The summed E-state index contributed by atoms with van der Waals surface area (Å²) in [6, 6.07) is 17.5. The highest BCUT2D eigenvalue weighted by Gasteiger charge is 2.21. The molecule has 36 heavy (non-hydrogen) atoms. The summed E-state index contributed by atoms with van der Waals surface area (Å²) in [4.78, 5) is 37.9. The van der Waals surface area contributed by atoms with Crippen LogP contribution in [0.4, 0.5) is 5.69 Å². The molecule has 1 heterocycles. The van der Waals surface area contributed by atoms with E-state index in [1.807, 2.05) is 38.1 Å². The van der Waals surface area contributed by atoms with E-state index in [4.69, 9.17) is 9.15 Å². The molecule has 0 saturated heterocycles. The van der Waals surface area contributed by atoms with E-state index in [9.17, 15) is 14.4 Å². The fourth-order valence-electron chi connectivity index (χ4n) is 4.32. The molecule has 0 aliphatic rings. The van der Waals surface area contributed by atoms with Crippen molar-refractivity contribution in [2.75, 3.05) is 19.5 Å². The molecule has 0 aliphatic heterocycles. The van der Waals surface area contributed by atoms with Gasteiger partial charge < -0.3 is 19.8 Å². The summed E-state index contributed by atoms with van der Waals surface area (Å²) in [6.07, 6.45) is 0. The standard InChI is InChI=1S/C29H28N2O5/c1-16-13-22(18(3)31-24-12-7-6-11-21(24)28(33)30-4)27-23(14-16)25(32)17(2)26(36-27)19-9-8-10-20(15-19)29(34)35-5/h6-15,18,31H,1-5H3,(H,30,33)/t18-/m1/s1. The number of amides is 1. The number of aryl methyl sites for hydroxylation is 1. The van der Waals surface area contributed by atoms with Crippen LogP contribution in [-0.2, 0) is 4.74 Å². The first-order valence-electron chi connectivity index (χ1n) is 11.6. The van der Waals surface area contributed by atoms with Crippen LogP contribution in [0, 0.1) is 13.8 Å². The number of rotatable bonds is 6. The number of para-hydroxylation sites is 1. The monoisotopic (exact) mass is 484 g/mol. The van der Waals surface area contributed by atoms with E-state index in [1.165, 1.54) is 7.11 Å². The summed E-state index contributed by atoms with van der Waals surface area (Å²) >= 11 is 0. The zero-order chi connectivity index (χ0) is 26.0. The van der Waals surface area contributed by atoms with Crippen molar-refractivity contribution < 1.29 is 18.7 Å². The van der Waals surface area contributed by atoms with Crippen molar-refractivity contribution >= 4 is 28.5 Å². The molecule has 4 aromatic rings. The summed E-state index contributed by atoms with van der Waals surface area (Å²) in [6.45, 7) is 5.59. The molecule has 0 fully saturated rings. The molecule has 0 spiro atoms. The Morgan fingerprint density at radius 2 is 1.75 bits per heavy atom. The third-order valence-corrected chi connectivity index (χ3v) is 6.18. The zero-order valence-electron chi connectivity index (χ0n) is 20.9. The zero-order valence-corrected chi connectivity index (χ0v) is 20.9. The van der Waals surface area contributed by atoms with Gasteiger partial charge in [-0.05, 0) is 56.7 Å². The molecule has 7 nitrogen and oxygen atoms in total. The van der Waals surface area contributed by atoms with E-state index >= 15 is 0 Å². The number of ether oxygens (including phenoxy) is 1. The average Bonchev–Trinajstić information content (AvgIpc) is 2.90. The fourth-order valence-corrected chi connectivity index (χ4v) is 4.32. The Labute approximate surface area is 209 Å². The first-order chi connectivity index (χ1) is 17.2. The highest BCUT2D eigenvalue weighted by molar-refractivity contribution is 5.99. The number of anilines is 1. The molecule has 7 heteroatoms. The molecule has 0 aliphatic carbocycles. The number of carbonyl (C=O) groups excluding carboxylic acids is 2. The third-order valence-electron chi connectivity index (χ3n) is 6.18. The summed E-state index contributed by atoms with van der Waals surface area (Å²) < 4.78 is 11.2. The maximum absolute atomic E-state index is 13.4. The highest BCUT2D eigenvalue weighted by atomic mass is 16.5. The van der Waals surface area contributed by atoms with Gasteiger partial charge in [0.15, 0.2) is 5.43 Å². The Kier molecular flexibility index (Phi) is 6.92. The van der Waals surface area contributed by atoms with Crippen molar-refractivity contribution in [2.24, 2.45) is 0 Å². The summed E-state index contributed by atoms with van der Waals surface area (Å²) in [5.74, 6) is -0.280. The van der Waals surface area contributed by atoms with E-state index in [-0.39, 0.29) is 17.4 Å². The molecule has 0 unspecified atom stereocenters. The second kappa shape index (κ2) is 10.1. The molecule has 3 aromatic carbocycles. The van der Waals surface area contributed by atoms with Crippen LogP contribution in [0.1, 0.15) is 50.4 Å². The molecule has 184 valence electrons. The van der Waals surface area contributed by atoms with E-state index in [1.54, 1.807) is 50.4 Å². The normalized spacial score (nSPS) is 11.7. The molecular formula is C29H28N2O5. The Morgan fingerprint density at radius 1 is 1.00 bits per heavy atom. The van der Waals surface area contributed by atoms with Gasteiger partial charge in [-0.25, -0.2) is 4.79 Å². The predicted octanol–water partition coefficient (Wildman–Crippen LogP) is 5.40. The topological polar surface area (TPSA) is 97.6 Å². The molecule has 1 aromatic heterocycles. The van der Waals surface area contributed by atoms with Crippen molar-refractivity contribution in [1.29, 1.82) is 0 Å². The largest absolute Gasteiger partial charge is 0.465 e. The first kappa shape index (κ1) is 24.7. The summed E-state index contributed by atoms with van der Waals surface area (Å²) in [5.41, 5.74) is 4.60. The number of carbonyl (C=O) groups is 2. The van der Waals surface area contributed by atoms with E-state index in [2.05, 4.69) is 10.6 Å². The van der Waals surface area contributed by atoms with Gasteiger partial charge in [-0.15, -0.1) is 0 Å². The molecule has 1 amide bonds. The lowest BCUT2D eigenvalue weighted by atomic mass is 9.98. The van der Waals surface area contributed by atoms with Gasteiger partial charge in [0.25, 0.3) is 5.91 Å². The molecular weight excluding hydrogens is 456 g/mol. The van der Waals surface area contributed by atoms with Crippen LogP contribution in [0.25, 0.3) is 22.3 Å². The fraction of sp³-hybridized carbons (Fsp3) is 0.207. The lowest BCUT2D eigenvalue weighted by molar-refractivity contribution is 0.0600. The van der Waals surface area contributed by atoms with Gasteiger partial charge in [-0.2, -0.15) is 0 Å². The van der Waals surface area contributed by atoms with Crippen LogP contribution in [0.2, 0.25) is 0 Å². The van der Waals surface area contributed by atoms with Gasteiger partial charge in [-0.1, -0.05) is 30.3 Å². The number of nitrogens with one attached hydrogen (secondary N) is 2. The van der Waals surface area contributed by atoms with Crippen molar-refractivity contribution in [3.63, 3.8) is 0 Å². The van der Waals surface area contributed by atoms with Crippen LogP contribution in [0.15, 0.2) is 69.9 Å². The third kappa shape index (κ3) is 4.60. The van der Waals surface area contributed by atoms with Crippen LogP contribution in [0.3, 0.4) is 0 Å². The minimum Gasteiger partial charge on any atom is -0.465 e. The Bertz CT molecular complexity index is 1540. The van der Waals surface area contributed by atoms with Crippen molar-refractivity contribution in [3.05, 3.63) is 98.7 Å². The van der Waals surface area contributed by atoms with Gasteiger partial charge in [-0.3, -0.25) is 9.59 Å². The number of hydrogen-bond acceptors (Lipinski definition) is 6. The van der Waals surface area contributed by atoms with Crippen molar-refractivity contribution in [3.8, 4) is 11.3 Å². The number of methoxy groups -OCH3 is 1. The molecule has 0 radical (unpaired) electrons. The lowest BCUT2D eigenvalue weighted by Gasteiger charge is -2.20. The van der Waals surface area contributed by atoms with Crippen molar-refractivity contribution in [2.45, 2.75) is 26.8 Å². The Balaban J connectivity index is 1.87. The van der Waals surface area contributed by atoms with Gasteiger partial charge in [0.1, 0.15) is 11.3 Å². The van der Waals surface area contributed by atoms with E-state index in [0.717, 1.165) is 11.1 Å². The number of fused-ring (bicyclic) bond motifs is 1. The average molecular weight is 485 g/mol. The molecule has 0 saturated carbocycles. The minimum atomic E-state index is -0.471. The Morgan fingerprint density at radius 3 is 2.47 bits per heavy atom. The lowest BCUT2D eigenvalue weighted by Crippen LogP contribution is -2.20. The number of hydrogen-bond donors (Lipinski definition) is 2. The predicted molar refractivity (Wildman–Crippen MR) is 141 cm³/mol. The first-order valence-corrected chi connectivity index (χ1v) is 11.6. The molecule has 1 atom stereocenters. The Hall–Kier alpha value is -4.39. The second-order valence-corrected chi connectivity index (χ2v) is 8.68. The summed E-state index contributed by atoms with van der Waals surface area (Å²) in [5, 5.41) is 6.54. The number of benzene rings is 3. The molecule has 2 N–H and O–H groups in total. The quantitative estimate of drug-likeness (QED) is 0.356. The maximum Gasteiger partial charge on any atom is 0.337 e. The van der Waals surface area contributed by atoms with Crippen LogP contribution in [0.5, 0.6) is 0 Å². The van der Waals surface area contributed by atoms with Crippen LogP contribution < -0.4 is 16.1 Å². The summed E-state index contributed by atoms with van der Waals surface area (Å²) in [7, 11) is 2.91. The number of esters is 1. The van der Waals surface area contributed by atoms with Gasteiger partial charge in [0, 0.05) is 29.4 Å². The molecule has 4 rings (SSSR count). The smallest absolute Gasteiger partial charge is 0.337 e. The van der Waals surface area contributed by atoms with E-state index < -0.39 is 5.97 Å². The van der Waals surface area contributed by atoms with Gasteiger partial charge in [0.05, 0.1) is 29.7 Å². The SMILES string of the molecule is CNC(=O)c1ccccc1N[C@H](C)c1cc(C)cc2c(=O)c(C)c(-c3cccc(C(=O)OC)c3)oc12.